The largest absolute Gasteiger partial charge is 0.326 e. The van der Waals surface area contributed by atoms with E-state index in [1.165, 1.54) is 21.9 Å². The number of nitrogens with zero attached hydrogens (tertiary/aromatic N) is 4. The van der Waals surface area contributed by atoms with Crippen molar-refractivity contribution < 1.29 is 0 Å². The number of aromatic nitrogens is 3. The lowest BCUT2D eigenvalue weighted by Gasteiger charge is -2.34. The Labute approximate surface area is 121 Å². The van der Waals surface area contributed by atoms with Gasteiger partial charge in [0.25, 0.3) is 5.56 Å². The first-order valence-electron chi connectivity index (χ1n) is 6.87. The summed E-state index contributed by atoms with van der Waals surface area (Å²) in [6, 6.07) is 1.73. The molecule has 2 unspecified atom stereocenters. The van der Waals surface area contributed by atoms with E-state index in [9.17, 15) is 4.79 Å². The molecule has 1 aliphatic rings. The number of rotatable bonds is 2. The molecule has 7 heteroatoms. The predicted octanol–water partition coefficient (Wildman–Crippen LogP) is 0.629. The number of fused-ring (bicyclic) bond motifs is 1. The average molecular weight is 293 g/mol. The molecule has 0 spiro atoms. The maximum absolute atomic E-state index is 11.8. The van der Waals surface area contributed by atoms with E-state index in [0.717, 1.165) is 36.8 Å². The van der Waals surface area contributed by atoms with E-state index < -0.39 is 0 Å². The van der Waals surface area contributed by atoms with Crippen LogP contribution in [0.3, 0.4) is 0 Å². The Bertz CT molecular complexity index is 679. The van der Waals surface area contributed by atoms with Gasteiger partial charge in [0.15, 0.2) is 0 Å². The maximum atomic E-state index is 11.8. The van der Waals surface area contributed by atoms with Gasteiger partial charge in [-0.3, -0.25) is 9.69 Å². The Morgan fingerprint density at radius 1 is 1.55 bits per heavy atom. The Balaban J connectivity index is 1.81. The number of aryl methyl sites for hydroxylation is 1. The van der Waals surface area contributed by atoms with Crippen molar-refractivity contribution in [1.82, 2.24) is 19.5 Å². The highest BCUT2D eigenvalue weighted by Gasteiger charge is 2.24. The monoisotopic (exact) mass is 293 g/mol. The van der Waals surface area contributed by atoms with Crippen molar-refractivity contribution in [1.29, 1.82) is 0 Å². The molecule has 2 aromatic rings. The van der Waals surface area contributed by atoms with E-state index in [2.05, 4.69) is 21.9 Å². The van der Waals surface area contributed by atoms with Crippen LogP contribution >= 0.6 is 11.3 Å². The fraction of sp³-hybridized carbons (Fsp3) is 0.615. The molecule has 6 nitrogen and oxygen atoms in total. The summed E-state index contributed by atoms with van der Waals surface area (Å²) in [5.74, 6) is 0.577. The van der Waals surface area contributed by atoms with Crippen LogP contribution in [0.5, 0.6) is 0 Å². The third-order valence-corrected chi connectivity index (χ3v) is 4.77. The SMILES string of the molecule is Cc1cc(=O)n2nc(CN3CCC(C)C(N)C3)sc2n1. The molecule has 2 N–H and O–H groups in total. The molecule has 3 rings (SSSR count). The molecule has 1 fully saturated rings. The molecule has 0 radical (unpaired) electrons. The van der Waals surface area contributed by atoms with Crippen molar-refractivity contribution in [2.24, 2.45) is 11.7 Å². The normalized spacial score (nSPS) is 24.4. The lowest BCUT2D eigenvalue weighted by Crippen LogP contribution is -2.47. The van der Waals surface area contributed by atoms with Crippen molar-refractivity contribution in [2.75, 3.05) is 13.1 Å². The molecular formula is C13H19N5OS. The molecule has 2 aromatic heterocycles. The van der Waals surface area contributed by atoms with Gasteiger partial charge in [-0.2, -0.15) is 9.61 Å². The summed E-state index contributed by atoms with van der Waals surface area (Å²) in [6.45, 7) is 6.69. The minimum Gasteiger partial charge on any atom is -0.326 e. The van der Waals surface area contributed by atoms with Gasteiger partial charge in [-0.05, 0) is 25.8 Å². The number of piperidine rings is 1. The second kappa shape index (κ2) is 5.23. The first-order chi connectivity index (χ1) is 9.52. The quantitative estimate of drug-likeness (QED) is 0.879. The van der Waals surface area contributed by atoms with Gasteiger partial charge in [0.1, 0.15) is 5.01 Å². The highest BCUT2D eigenvalue weighted by molar-refractivity contribution is 7.16. The summed E-state index contributed by atoms with van der Waals surface area (Å²) in [5.41, 5.74) is 6.74. The molecule has 108 valence electrons. The topological polar surface area (TPSA) is 76.5 Å². The fourth-order valence-electron chi connectivity index (χ4n) is 2.53. The van der Waals surface area contributed by atoms with Gasteiger partial charge < -0.3 is 5.73 Å². The number of nitrogens with two attached hydrogens (primary N) is 1. The zero-order chi connectivity index (χ0) is 14.3. The van der Waals surface area contributed by atoms with Crippen molar-refractivity contribution in [3.05, 3.63) is 27.1 Å². The Hall–Kier alpha value is -1.31. The third-order valence-electron chi connectivity index (χ3n) is 3.87. The molecule has 1 saturated heterocycles. The van der Waals surface area contributed by atoms with Gasteiger partial charge in [0, 0.05) is 24.3 Å². The van der Waals surface area contributed by atoms with Crippen molar-refractivity contribution >= 4 is 16.3 Å². The number of likely N-dealkylation sites (tertiary alicyclic amines) is 1. The van der Waals surface area contributed by atoms with Crippen LogP contribution in [0.1, 0.15) is 24.0 Å². The summed E-state index contributed by atoms with van der Waals surface area (Å²) in [7, 11) is 0. The summed E-state index contributed by atoms with van der Waals surface area (Å²) in [4.78, 5) is 19.2. The zero-order valence-electron chi connectivity index (χ0n) is 11.7. The van der Waals surface area contributed by atoms with Crippen LogP contribution in [0.4, 0.5) is 0 Å². The Morgan fingerprint density at radius 2 is 2.35 bits per heavy atom. The second-order valence-electron chi connectivity index (χ2n) is 5.59. The van der Waals surface area contributed by atoms with Crippen LogP contribution in [0, 0.1) is 12.8 Å². The van der Waals surface area contributed by atoms with Gasteiger partial charge in [-0.25, -0.2) is 4.98 Å². The standard InChI is InChI=1S/C13H19N5OS/c1-8-3-4-17(6-10(8)14)7-11-16-18-12(19)5-9(2)15-13(18)20-11/h5,8,10H,3-4,6-7,14H2,1-2H3. The van der Waals surface area contributed by atoms with Crippen molar-refractivity contribution in [3.8, 4) is 0 Å². The van der Waals surface area contributed by atoms with Crippen LogP contribution in [-0.2, 0) is 6.54 Å². The van der Waals surface area contributed by atoms with Gasteiger partial charge in [0.2, 0.25) is 4.96 Å². The van der Waals surface area contributed by atoms with Gasteiger partial charge in [-0.15, -0.1) is 0 Å². The van der Waals surface area contributed by atoms with Crippen molar-refractivity contribution in [2.45, 2.75) is 32.9 Å². The number of hydrogen-bond donors (Lipinski definition) is 1. The molecule has 2 atom stereocenters. The Morgan fingerprint density at radius 3 is 3.10 bits per heavy atom. The molecule has 1 aliphatic heterocycles. The summed E-state index contributed by atoms with van der Waals surface area (Å²) < 4.78 is 1.39. The van der Waals surface area contributed by atoms with E-state index in [4.69, 9.17) is 5.73 Å². The van der Waals surface area contributed by atoms with E-state index >= 15 is 0 Å². The molecule has 3 heterocycles. The first-order valence-corrected chi connectivity index (χ1v) is 7.69. The Kier molecular flexibility index (Phi) is 3.57. The molecule has 0 amide bonds. The molecular weight excluding hydrogens is 274 g/mol. The minimum absolute atomic E-state index is 0.112. The van der Waals surface area contributed by atoms with Crippen LogP contribution in [0.15, 0.2) is 10.9 Å². The molecule has 0 aromatic carbocycles. The smallest absolute Gasteiger partial charge is 0.275 e. The first kappa shape index (κ1) is 13.7. The molecule has 0 bridgehead atoms. The highest BCUT2D eigenvalue weighted by Crippen LogP contribution is 2.19. The highest BCUT2D eigenvalue weighted by atomic mass is 32.1. The summed E-state index contributed by atoms with van der Waals surface area (Å²) in [6.07, 6.45) is 1.11. The van der Waals surface area contributed by atoms with E-state index in [1.54, 1.807) is 0 Å². The maximum Gasteiger partial charge on any atom is 0.275 e. The van der Waals surface area contributed by atoms with Crippen LogP contribution in [0.2, 0.25) is 0 Å². The average Bonchev–Trinajstić information content (AvgIpc) is 2.76. The predicted molar refractivity (Wildman–Crippen MR) is 78.9 cm³/mol. The van der Waals surface area contributed by atoms with E-state index in [-0.39, 0.29) is 11.6 Å². The van der Waals surface area contributed by atoms with Crippen molar-refractivity contribution in [3.63, 3.8) is 0 Å². The van der Waals surface area contributed by atoms with Crippen LogP contribution < -0.4 is 11.3 Å². The van der Waals surface area contributed by atoms with Crippen LogP contribution in [0.25, 0.3) is 4.96 Å². The lowest BCUT2D eigenvalue weighted by atomic mass is 9.94. The second-order valence-corrected chi connectivity index (χ2v) is 6.63. The lowest BCUT2D eigenvalue weighted by molar-refractivity contribution is 0.161. The minimum atomic E-state index is -0.112. The number of hydrogen-bond acceptors (Lipinski definition) is 6. The fourth-order valence-corrected chi connectivity index (χ4v) is 3.52. The molecule has 0 aliphatic carbocycles. The van der Waals surface area contributed by atoms with Gasteiger partial charge in [-0.1, -0.05) is 18.3 Å². The van der Waals surface area contributed by atoms with Gasteiger partial charge >= 0.3 is 0 Å². The molecule has 20 heavy (non-hydrogen) atoms. The zero-order valence-corrected chi connectivity index (χ0v) is 12.6. The van der Waals surface area contributed by atoms with Crippen LogP contribution in [-0.4, -0.2) is 38.6 Å². The molecule has 0 saturated carbocycles. The van der Waals surface area contributed by atoms with Gasteiger partial charge in [0.05, 0.1) is 6.54 Å². The van der Waals surface area contributed by atoms with E-state index in [1.807, 2.05) is 6.92 Å². The summed E-state index contributed by atoms with van der Waals surface area (Å²) >= 11 is 1.48. The third kappa shape index (κ3) is 2.61. The van der Waals surface area contributed by atoms with E-state index in [0.29, 0.717) is 10.9 Å². The summed E-state index contributed by atoms with van der Waals surface area (Å²) in [5, 5.41) is 5.29.